The van der Waals surface area contributed by atoms with Crippen molar-refractivity contribution in [2.75, 3.05) is 33.2 Å². The molecule has 0 aromatic carbocycles. The van der Waals surface area contributed by atoms with E-state index in [9.17, 15) is 4.79 Å². The minimum Gasteiger partial charge on any atom is -0.346 e. The van der Waals surface area contributed by atoms with Crippen LogP contribution in [-0.4, -0.2) is 48.9 Å². The third kappa shape index (κ3) is 2.97. The zero-order valence-electron chi connectivity index (χ0n) is 10.6. The maximum Gasteiger partial charge on any atom is 0.222 e. The van der Waals surface area contributed by atoms with Gasteiger partial charge in [-0.15, -0.1) is 0 Å². The van der Waals surface area contributed by atoms with Gasteiger partial charge in [0.25, 0.3) is 0 Å². The number of amides is 1. The molecule has 0 unspecified atom stereocenters. The van der Waals surface area contributed by atoms with Crippen LogP contribution in [0.3, 0.4) is 0 Å². The van der Waals surface area contributed by atoms with E-state index in [1.165, 1.54) is 32.4 Å². The molecule has 0 aromatic rings. The summed E-state index contributed by atoms with van der Waals surface area (Å²) >= 11 is 0. The van der Waals surface area contributed by atoms with Gasteiger partial charge in [0, 0.05) is 26.6 Å². The Morgan fingerprint density at radius 2 is 1.88 bits per heavy atom. The number of hydrogen-bond donors (Lipinski definition) is 0. The first-order valence-electron chi connectivity index (χ1n) is 6.61. The third-order valence-electron chi connectivity index (χ3n) is 4.15. The van der Waals surface area contributed by atoms with Crippen LogP contribution < -0.4 is 0 Å². The summed E-state index contributed by atoms with van der Waals surface area (Å²) in [6, 6.07) is 0. The molecule has 2 fully saturated rings. The van der Waals surface area contributed by atoms with E-state index >= 15 is 0 Å². The molecule has 3 nitrogen and oxygen atoms in total. The van der Waals surface area contributed by atoms with Gasteiger partial charge in [0.15, 0.2) is 0 Å². The van der Waals surface area contributed by atoms with Gasteiger partial charge in [0.05, 0.1) is 0 Å². The highest BCUT2D eigenvalue weighted by atomic mass is 16.2. The molecule has 2 aliphatic heterocycles. The van der Waals surface area contributed by atoms with E-state index in [2.05, 4.69) is 11.8 Å². The van der Waals surface area contributed by atoms with Gasteiger partial charge in [0.2, 0.25) is 5.91 Å². The van der Waals surface area contributed by atoms with E-state index in [4.69, 9.17) is 0 Å². The molecule has 3 heteroatoms. The fourth-order valence-electron chi connectivity index (χ4n) is 2.77. The molecule has 0 radical (unpaired) electrons. The molecule has 2 saturated heterocycles. The van der Waals surface area contributed by atoms with Crippen molar-refractivity contribution in [3.8, 4) is 0 Å². The fraction of sp³-hybridized carbons (Fsp3) is 0.923. The number of carbonyl (C=O) groups is 1. The van der Waals surface area contributed by atoms with Crippen LogP contribution in [-0.2, 0) is 4.79 Å². The summed E-state index contributed by atoms with van der Waals surface area (Å²) in [5.41, 5.74) is 0. The van der Waals surface area contributed by atoms with Gasteiger partial charge in [-0.25, -0.2) is 0 Å². The Kier molecular flexibility index (Phi) is 3.85. The maximum atomic E-state index is 11.6. The van der Waals surface area contributed by atoms with Gasteiger partial charge in [-0.05, 0) is 44.2 Å². The summed E-state index contributed by atoms with van der Waals surface area (Å²) in [5, 5.41) is 0. The Labute approximate surface area is 98.8 Å². The second-order valence-corrected chi connectivity index (χ2v) is 5.66. The maximum absolute atomic E-state index is 11.6. The van der Waals surface area contributed by atoms with Gasteiger partial charge in [-0.3, -0.25) is 4.79 Å². The highest BCUT2D eigenvalue weighted by molar-refractivity contribution is 5.76. The van der Waals surface area contributed by atoms with Crippen LogP contribution in [0.1, 0.15) is 32.6 Å². The number of likely N-dealkylation sites (tertiary alicyclic amines) is 2. The number of piperidine rings is 2. The highest BCUT2D eigenvalue weighted by Gasteiger charge is 2.26. The highest BCUT2D eigenvalue weighted by Crippen LogP contribution is 2.22. The molecule has 1 atom stereocenters. The first-order valence-corrected chi connectivity index (χ1v) is 6.61. The van der Waals surface area contributed by atoms with Crippen molar-refractivity contribution >= 4 is 5.91 Å². The van der Waals surface area contributed by atoms with E-state index in [-0.39, 0.29) is 0 Å². The average Bonchev–Trinajstić information content (AvgIpc) is 2.27. The molecular weight excluding hydrogens is 200 g/mol. The van der Waals surface area contributed by atoms with Crippen LogP contribution in [0.2, 0.25) is 0 Å². The summed E-state index contributed by atoms with van der Waals surface area (Å²) in [5.74, 6) is 1.84. The molecule has 2 heterocycles. The molecule has 0 bridgehead atoms. The van der Waals surface area contributed by atoms with Crippen molar-refractivity contribution < 1.29 is 4.79 Å². The van der Waals surface area contributed by atoms with Gasteiger partial charge < -0.3 is 9.80 Å². The summed E-state index contributed by atoms with van der Waals surface area (Å²) in [7, 11) is 1.92. The molecule has 0 spiro atoms. The lowest BCUT2D eigenvalue weighted by atomic mass is 9.93. The monoisotopic (exact) mass is 224 g/mol. The first kappa shape index (κ1) is 11.9. The van der Waals surface area contributed by atoms with Crippen molar-refractivity contribution in [2.45, 2.75) is 32.6 Å². The third-order valence-corrected chi connectivity index (χ3v) is 4.15. The van der Waals surface area contributed by atoms with Crippen LogP contribution in [0, 0.1) is 11.8 Å². The molecule has 0 aromatic heterocycles. The zero-order chi connectivity index (χ0) is 11.5. The average molecular weight is 224 g/mol. The SMILES string of the molecule is CC1CCN(C[C@H]2CCN(C)C(=O)C2)CC1. The molecule has 2 aliphatic rings. The lowest BCUT2D eigenvalue weighted by molar-refractivity contribution is -0.133. The lowest BCUT2D eigenvalue weighted by Gasteiger charge is -2.35. The van der Waals surface area contributed by atoms with Crippen molar-refractivity contribution in [2.24, 2.45) is 11.8 Å². The normalized spacial score (nSPS) is 29.8. The topological polar surface area (TPSA) is 23.6 Å². The molecule has 0 aliphatic carbocycles. The Balaban J connectivity index is 1.75. The second kappa shape index (κ2) is 5.17. The Hall–Kier alpha value is -0.570. The van der Waals surface area contributed by atoms with E-state index in [1.807, 2.05) is 11.9 Å². The summed E-state index contributed by atoms with van der Waals surface area (Å²) in [4.78, 5) is 16.0. The molecule has 0 saturated carbocycles. The molecule has 2 rings (SSSR count). The van der Waals surface area contributed by atoms with Gasteiger partial charge >= 0.3 is 0 Å². The zero-order valence-corrected chi connectivity index (χ0v) is 10.6. The molecule has 16 heavy (non-hydrogen) atoms. The van der Waals surface area contributed by atoms with Crippen LogP contribution in [0.15, 0.2) is 0 Å². The summed E-state index contributed by atoms with van der Waals surface area (Å²) in [6.45, 7) is 6.92. The predicted octanol–water partition coefficient (Wildman–Crippen LogP) is 1.59. The Morgan fingerprint density at radius 1 is 1.19 bits per heavy atom. The van der Waals surface area contributed by atoms with Crippen molar-refractivity contribution in [3.63, 3.8) is 0 Å². The lowest BCUT2D eigenvalue weighted by Crippen LogP contribution is -2.42. The van der Waals surface area contributed by atoms with Crippen molar-refractivity contribution in [1.29, 1.82) is 0 Å². The quantitative estimate of drug-likeness (QED) is 0.711. The van der Waals surface area contributed by atoms with E-state index in [0.29, 0.717) is 11.8 Å². The van der Waals surface area contributed by atoms with E-state index < -0.39 is 0 Å². The molecular formula is C13H24N2O. The van der Waals surface area contributed by atoms with Gasteiger partial charge in [-0.2, -0.15) is 0 Å². The van der Waals surface area contributed by atoms with E-state index in [0.717, 1.165) is 25.4 Å². The first-order chi connectivity index (χ1) is 7.65. The van der Waals surface area contributed by atoms with E-state index in [1.54, 1.807) is 0 Å². The number of nitrogens with zero attached hydrogens (tertiary/aromatic N) is 2. The van der Waals surface area contributed by atoms with Gasteiger partial charge in [-0.1, -0.05) is 6.92 Å². The number of hydrogen-bond acceptors (Lipinski definition) is 2. The van der Waals surface area contributed by atoms with Gasteiger partial charge in [0.1, 0.15) is 0 Å². The Morgan fingerprint density at radius 3 is 2.50 bits per heavy atom. The van der Waals surface area contributed by atoms with Crippen molar-refractivity contribution in [1.82, 2.24) is 9.80 Å². The Bertz CT molecular complexity index is 246. The minimum absolute atomic E-state index is 0.335. The van der Waals surface area contributed by atoms with Crippen LogP contribution in [0.4, 0.5) is 0 Å². The second-order valence-electron chi connectivity index (χ2n) is 5.66. The smallest absolute Gasteiger partial charge is 0.222 e. The fourth-order valence-corrected chi connectivity index (χ4v) is 2.77. The minimum atomic E-state index is 0.335. The van der Waals surface area contributed by atoms with Crippen molar-refractivity contribution in [3.05, 3.63) is 0 Å². The standard InChI is InChI=1S/C13H24N2O/c1-11-3-7-15(8-4-11)10-12-5-6-14(2)13(16)9-12/h11-12H,3-10H2,1-2H3/t12-/m0/s1. The van der Waals surface area contributed by atoms with Crippen LogP contribution in [0.25, 0.3) is 0 Å². The van der Waals surface area contributed by atoms with Crippen LogP contribution in [0.5, 0.6) is 0 Å². The molecule has 0 N–H and O–H groups in total. The summed E-state index contributed by atoms with van der Waals surface area (Å²) < 4.78 is 0. The largest absolute Gasteiger partial charge is 0.346 e. The predicted molar refractivity (Wildman–Crippen MR) is 65.2 cm³/mol. The van der Waals surface area contributed by atoms with Crippen LogP contribution >= 0.6 is 0 Å². The number of carbonyl (C=O) groups excluding carboxylic acids is 1. The molecule has 92 valence electrons. The summed E-state index contributed by atoms with van der Waals surface area (Å²) in [6.07, 6.45) is 4.62. The number of rotatable bonds is 2. The molecule has 1 amide bonds.